The van der Waals surface area contributed by atoms with Gasteiger partial charge in [-0.25, -0.2) is 8.78 Å². The van der Waals surface area contributed by atoms with Crippen LogP contribution in [0.5, 0.6) is 0 Å². The highest BCUT2D eigenvalue weighted by molar-refractivity contribution is 5.98. The van der Waals surface area contributed by atoms with E-state index in [2.05, 4.69) is 5.32 Å². The lowest BCUT2D eigenvalue weighted by molar-refractivity contribution is -0.385. The normalized spacial score (nSPS) is 16.1. The molecule has 0 spiro atoms. The number of hydrogen-bond acceptors (Lipinski definition) is 3. The summed E-state index contributed by atoms with van der Waals surface area (Å²) in [4.78, 5) is 22.0. The van der Waals surface area contributed by atoms with Gasteiger partial charge in [0, 0.05) is 6.54 Å². The number of carbonyl (C=O) groups excluding carboxylic acids is 1. The quantitative estimate of drug-likeness (QED) is 0.670. The molecule has 1 amide bonds. The summed E-state index contributed by atoms with van der Waals surface area (Å²) in [5.41, 5.74) is -1.15. The van der Waals surface area contributed by atoms with Crippen molar-refractivity contribution in [2.45, 2.75) is 32.6 Å². The van der Waals surface area contributed by atoms with Crippen LogP contribution >= 0.6 is 0 Å². The Bertz CT molecular complexity index is 580. The Morgan fingerprint density at radius 3 is 2.48 bits per heavy atom. The first-order valence-corrected chi connectivity index (χ1v) is 6.80. The largest absolute Gasteiger partial charge is 0.351 e. The summed E-state index contributed by atoms with van der Waals surface area (Å²) in [6.45, 7) is 2.41. The molecule has 21 heavy (non-hydrogen) atoms. The molecular weight excluding hydrogens is 282 g/mol. The summed E-state index contributed by atoms with van der Waals surface area (Å²) in [5.74, 6) is -3.37. The zero-order valence-corrected chi connectivity index (χ0v) is 11.6. The fourth-order valence-corrected chi connectivity index (χ4v) is 2.56. The third-order valence-corrected chi connectivity index (χ3v) is 4.27. The minimum absolute atomic E-state index is 0.0308. The number of nitro groups is 1. The summed E-state index contributed by atoms with van der Waals surface area (Å²) in [5, 5.41) is 13.5. The van der Waals surface area contributed by atoms with Crippen molar-refractivity contribution in [1.82, 2.24) is 5.32 Å². The predicted molar refractivity (Wildman–Crippen MR) is 71.9 cm³/mol. The average molecular weight is 298 g/mol. The molecule has 114 valence electrons. The van der Waals surface area contributed by atoms with Crippen LogP contribution in [0, 0.1) is 27.2 Å². The summed E-state index contributed by atoms with van der Waals surface area (Å²) in [7, 11) is 0. The first-order chi connectivity index (χ1) is 9.88. The Hall–Kier alpha value is -2.05. The number of benzene rings is 1. The first kappa shape index (κ1) is 15.3. The van der Waals surface area contributed by atoms with Crippen LogP contribution in [0.3, 0.4) is 0 Å². The van der Waals surface area contributed by atoms with Crippen molar-refractivity contribution in [2.24, 2.45) is 5.41 Å². The highest BCUT2D eigenvalue weighted by atomic mass is 19.2. The lowest BCUT2D eigenvalue weighted by Crippen LogP contribution is -2.41. The van der Waals surface area contributed by atoms with E-state index in [1.165, 1.54) is 0 Å². The number of rotatable bonds is 5. The van der Waals surface area contributed by atoms with Crippen molar-refractivity contribution in [3.05, 3.63) is 39.4 Å². The zero-order valence-electron chi connectivity index (χ0n) is 11.6. The molecule has 0 atom stereocenters. The van der Waals surface area contributed by atoms with E-state index in [1.54, 1.807) is 0 Å². The van der Waals surface area contributed by atoms with Crippen LogP contribution in [0.1, 0.15) is 43.0 Å². The second kappa shape index (κ2) is 5.75. The lowest BCUT2D eigenvalue weighted by atomic mass is 9.67. The zero-order chi connectivity index (χ0) is 15.6. The van der Waals surface area contributed by atoms with E-state index in [1.807, 2.05) is 6.92 Å². The van der Waals surface area contributed by atoms with E-state index in [0.29, 0.717) is 18.7 Å². The maximum absolute atomic E-state index is 13.2. The number of nitro benzene ring substituents is 1. The molecule has 1 aromatic carbocycles. The Balaban J connectivity index is 2.18. The summed E-state index contributed by atoms with van der Waals surface area (Å²) >= 11 is 0. The van der Waals surface area contributed by atoms with Gasteiger partial charge < -0.3 is 5.32 Å². The highest BCUT2D eigenvalue weighted by Gasteiger charge is 2.35. The second-order valence-electron chi connectivity index (χ2n) is 5.43. The van der Waals surface area contributed by atoms with Gasteiger partial charge in [0.25, 0.3) is 11.6 Å². The standard InChI is InChI=1S/C14H16F2N2O3/c1-2-14(4-3-5-14)8-17-13(19)9-6-10(15)11(16)7-12(9)18(20)21/h6-7H,2-5,8H2,1H3,(H,17,19). The molecule has 1 N–H and O–H groups in total. The van der Waals surface area contributed by atoms with E-state index in [0.717, 1.165) is 25.7 Å². The SMILES string of the molecule is CCC1(CNC(=O)c2cc(F)c(F)cc2[N+](=O)[O-])CCC1. The lowest BCUT2D eigenvalue weighted by Gasteiger charge is -2.41. The van der Waals surface area contributed by atoms with Gasteiger partial charge in [-0.05, 0) is 30.7 Å². The molecule has 1 aliphatic rings. The van der Waals surface area contributed by atoms with Crippen molar-refractivity contribution in [1.29, 1.82) is 0 Å². The Kier molecular flexibility index (Phi) is 4.20. The smallest absolute Gasteiger partial charge is 0.285 e. The Labute approximate surface area is 120 Å². The molecule has 1 aliphatic carbocycles. The number of nitrogens with one attached hydrogen (secondary N) is 1. The molecule has 7 heteroatoms. The molecule has 1 saturated carbocycles. The van der Waals surface area contributed by atoms with E-state index in [4.69, 9.17) is 0 Å². The van der Waals surface area contributed by atoms with Gasteiger partial charge in [0.05, 0.1) is 11.0 Å². The number of amides is 1. The first-order valence-electron chi connectivity index (χ1n) is 6.80. The maximum Gasteiger partial charge on any atom is 0.285 e. The number of nitrogens with zero attached hydrogens (tertiary/aromatic N) is 1. The van der Waals surface area contributed by atoms with Crippen LogP contribution in [0.25, 0.3) is 0 Å². The summed E-state index contributed by atoms with van der Waals surface area (Å²) in [6, 6.07) is 1.01. The molecule has 0 unspecified atom stereocenters. The fraction of sp³-hybridized carbons (Fsp3) is 0.500. The van der Waals surface area contributed by atoms with Gasteiger partial charge in [0.2, 0.25) is 0 Å². The summed E-state index contributed by atoms with van der Waals surface area (Å²) < 4.78 is 26.3. The van der Waals surface area contributed by atoms with Crippen LogP contribution in [0.4, 0.5) is 14.5 Å². The number of hydrogen-bond donors (Lipinski definition) is 1. The monoisotopic (exact) mass is 298 g/mol. The van der Waals surface area contributed by atoms with Crippen LogP contribution in [-0.4, -0.2) is 17.4 Å². The molecule has 0 radical (unpaired) electrons. The Morgan fingerprint density at radius 1 is 1.38 bits per heavy atom. The maximum atomic E-state index is 13.2. The van der Waals surface area contributed by atoms with Crippen LogP contribution in [-0.2, 0) is 0 Å². The topological polar surface area (TPSA) is 72.2 Å². The van der Waals surface area contributed by atoms with Gasteiger partial charge in [-0.15, -0.1) is 0 Å². The molecule has 0 saturated heterocycles. The third kappa shape index (κ3) is 3.01. The second-order valence-corrected chi connectivity index (χ2v) is 5.43. The van der Waals surface area contributed by atoms with Crippen molar-refractivity contribution < 1.29 is 18.5 Å². The van der Waals surface area contributed by atoms with Gasteiger partial charge in [-0.2, -0.15) is 0 Å². The molecule has 2 rings (SSSR count). The van der Waals surface area contributed by atoms with E-state index < -0.39 is 33.7 Å². The highest BCUT2D eigenvalue weighted by Crippen LogP contribution is 2.43. The van der Waals surface area contributed by atoms with Gasteiger partial charge in [0.15, 0.2) is 11.6 Å². The van der Waals surface area contributed by atoms with Gasteiger partial charge in [-0.1, -0.05) is 13.3 Å². The average Bonchev–Trinajstić information content (AvgIpc) is 2.40. The van der Waals surface area contributed by atoms with Gasteiger partial charge in [-0.3, -0.25) is 14.9 Å². The third-order valence-electron chi connectivity index (χ3n) is 4.27. The van der Waals surface area contributed by atoms with Crippen LogP contribution in [0.2, 0.25) is 0 Å². The van der Waals surface area contributed by atoms with Gasteiger partial charge >= 0.3 is 0 Å². The Morgan fingerprint density at radius 2 is 2.00 bits per heavy atom. The van der Waals surface area contributed by atoms with Crippen molar-refractivity contribution in [3.8, 4) is 0 Å². The number of halogens is 2. The van der Waals surface area contributed by atoms with Gasteiger partial charge in [0.1, 0.15) is 5.56 Å². The van der Waals surface area contributed by atoms with E-state index in [-0.39, 0.29) is 5.41 Å². The molecule has 0 heterocycles. The molecular formula is C14H16F2N2O3. The molecule has 0 aromatic heterocycles. The molecule has 1 aromatic rings. The predicted octanol–water partition coefficient (Wildman–Crippen LogP) is 3.18. The minimum Gasteiger partial charge on any atom is -0.351 e. The van der Waals surface area contributed by atoms with E-state index >= 15 is 0 Å². The van der Waals surface area contributed by atoms with Crippen molar-refractivity contribution >= 4 is 11.6 Å². The fourth-order valence-electron chi connectivity index (χ4n) is 2.56. The molecule has 5 nitrogen and oxygen atoms in total. The van der Waals surface area contributed by atoms with Crippen LogP contribution in [0.15, 0.2) is 12.1 Å². The molecule has 0 aliphatic heterocycles. The van der Waals surface area contributed by atoms with Crippen molar-refractivity contribution in [3.63, 3.8) is 0 Å². The summed E-state index contributed by atoms with van der Waals surface area (Å²) in [6.07, 6.45) is 3.97. The number of carbonyl (C=O) groups is 1. The van der Waals surface area contributed by atoms with Crippen LogP contribution < -0.4 is 5.32 Å². The molecule has 1 fully saturated rings. The minimum atomic E-state index is -1.35. The molecule has 0 bridgehead atoms. The van der Waals surface area contributed by atoms with Crippen molar-refractivity contribution in [2.75, 3.05) is 6.54 Å². The van der Waals surface area contributed by atoms with E-state index in [9.17, 15) is 23.7 Å².